The molecule has 0 aliphatic rings. The average Bonchev–Trinajstić information content (AvgIpc) is 2.19. The highest BCUT2D eigenvalue weighted by Crippen LogP contribution is 2.19. The highest BCUT2D eigenvalue weighted by molar-refractivity contribution is 6.30. The Hall–Kier alpha value is -0.640. The third-order valence-corrected chi connectivity index (χ3v) is 2.41. The molecule has 0 aromatic heterocycles. The minimum atomic E-state index is -0.375. The fourth-order valence-electron chi connectivity index (χ4n) is 1.32. The van der Waals surface area contributed by atoms with E-state index in [2.05, 4.69) is 10.6 Å². The first-order valence-electron chi connectivity index (χ1n) is 4.46. The molecule has 0 spiro atoms. The zero-order valence-corrected chi connectivity index (χ0v) is 9.03. The molecule has 0 amide bonds. The molecule has 0 bridgehead atoms. The summed E-state index contributed by atoms with van der Waals surface area (Å²) in [5, 5.41) is 6.29. The van der Waals surface area contributed by atoms with Gasteiger partial charge in [-0.25, -0.2) is 4.39 Å². The van der Waals surface area contributed by atoms with Crippen molar-refractivity contribution in [1.29, 1.82) is 0 Å². The van der Waals surface area contributed by atoms with Crippen LogP contribution in [0.3, 0.4) is 0 Å². The molecule has 0 aliphatic heterocycles. The topological polar surface area (TPSA) is 24.1 Å². The predicted octanol–water partition coefficient (Wildman–Crippen LogP) is 1.96. The Labute approximate surface area is 88.5 Å². The van der Waals surface area contributed by atoms with Crippen LogP contribution < -0.4 is 10.6 Å². The molecule has 4 heteroatoms. The van der Waals surface area contributed by atoms with Crippen LogP contribution in [0.4, 0.5) is 4.39 Å². The Morgan fingerprint density at radius 2 is 2.14 bits per heavy atom. The van der Waals surface area contributed by atoms with Crippen LogP contribution in [0.15, 0.2) is 18.2 Å². The van der Waals surface area contributed by atoms with Crippen LogP contribution in [0.5, 0.6) is 0 Å². The molecule has 1 aromatic rings. The third-order valence-electron chi connectivity index (χ3n) is 2.10. The normalized spacial score (nSPS) is 12.9. The molecule has 0 heterocycles. The molecule has 0 aliphatic carbocycles. The third kappa shape index (κ3) is 2.67. The van der Waals surface area contributed by atoms with Gasteiger partial charge in [-0.3, -0.25) is 0 Å². The molecule has 1 aromatic carbocycles. The molecule has 1 atom stereocenters. The number of likely N-dealkylation sites (N-methyl/N-ethyl adjacent to an activating group) is 2. The summed E-state index contributed by atoms with van der Waals surface area (Å²) >= 11 is 5.59. The van der Waals surface area contributed by atoms with Crippen molar-refractivity contribution in [2.75, 3.05) is 20.6 Å². The van der Waals surface area contributed by atoms with Crippen molar-refractivity contribution < 1.29 is 4.39 Å². The second kappa shape index (κ2) is 5.29. The minimum absolute atomic E-state index is 0.103. The maximum absolute atomic E-state index is 13.1. The van der Waals surface area contributed by atoms with Gasteiger partial charge in [0, 0.05) is 12.6 Å². The Morgan fingerprint density at radius 1 is 1.43 bits per heavy atom. The monoisotopic (exact) mass is 216 g/mol. The van der Waals surface area contributed by atoms with Crippen molar-refractivity contribution >= 4 is 11.6 Å². The molecule has 1 rings (SSSR count). The molecule has 1 unspecified atom stereocenters. The zero-order valence-electron chi connectivity index (χ0n) is 8.27. The van der Waals surface area contributed by atoms with E-state index in [1.54, 1.807) is 6.07 Å². The van der Waals surface area contributed by atoms with Crippen LogP contribution in [-0.4, -0.2) is 20.6 Å². The van der Waals surface area contributed by atoms with Gasteiger partial charge in [0.05, 0.1) is 5.02 Å². The summed E-state index contributed by atoms with van der Waals surface area (Å²) < 4.78 is 13.1. The Bertz CT molecular complexity index is 304. The van der Waals surface area contributed by atoms with E-state index < -0.39 is 0 Å². The molecule has 0 radical (unpaired) electrons. The van der Waals surface area contributed by atoms with E-state index in [0.29, 0.717) is 0 Å². The van der Waals surface area contributed by atoms with Crippen molar-refractivity contribution in [2.24, 2.45) is 0 Å². The second-order valence-corrected chi connectivity index (χ2v) is 3.48. The fourth-order valence-corrected chi connectivity index (χ4v) is 1.44. The summed E-state index contributed by atoms with van der Waals surface area (Å²) in [6, 6.07) is 4.96. The van der Waals surface area contributed by atoms with Gasteiger partial charge in [-0.05, 0) is 31.8 Å². The van der Waals surface area contributed by atoms with Gasteiger partial charge in [-0.2, -0.15) is 0 Å². The predicted molar refractivity (Wildman–Crippen MR) is 57.1 cm³/mol. The summed E-state index contributed by atoms with van der Waals surface area (Å²) in [6.07, 6.45) is 0. The summed E-state index contributed by atoms with van der Waals surface area (Å²) in [4.78, 5) is 0. The van der Waals surface area contributed by atoms with Gasteiger partial charge in [0.2, 0.25) is 0 Å². The van der Waals surface area contributed by atoms with Gasteiger partial charge in [0.1, 0.15) is 5.82 Å². The Kier molecular flexibility index (Phi) is 4.32. The van der Waals surface area contributed by atoms with E-state index in [9.17, 15) is 4.39 Å². The van der Waals surface area contributed by atoms with Gasteiger partial charge >= 0.3 is 0 Å². The van der Waals surface area contributed by atoms with Crippen molar-refractivity contribution in [3.05, 3.63) is 34.6 Å². The molecular weight excluding hydrogens is 203 g/mol. The summed E-state index contributed by atoms with van der Waals surface area (Å²) in [7, 11) is 3.70. The Balaban J connectivity index is 2.88. The van der Waals surface area contributed by atoms with Crippen LogP contribution >= 0.6 is 11.6 Å². The summed E-state index contributed by atoms with van der Waals surface area (Å²) in [6.45, 7) is 0.748. The van der Waals surface area contributed by atoms with Crippen LogP contribution in [-0.2, 0) is 0 Å². The lowest BCUT2D eigenvalue weighted by Crippen LogP contribution is -2.27. The number of nitrogens with one attached hydrogen (secondary N) is 2. The van der Waals surface area contributed by atoms with Crippen molar-refractivity contribution in [1.82, 2.24) is 10.6 Å². The van der Waals surface area contributed by atoms with E-state index in [4.69, 9.17) is 11.6 Å². The van der Waals surface area contributed by atoms with Crippen molar-refractivity contribution in [2.45, 2.75) is 6.04 Å². The first kappa shape index (κ1) is 11.4. The number of rotatable bonds is 4. The maximum Gasteiger partial charge on any atom is 0.142 e. The Morgan fingerprint density at radius 3 is 2.64 bits per heavy atom. The average molecular weight is 217 g/mol. The number of halogens is 2. The molecule has 0 saturated carbocycles. The quantitative estimate of drug-likeness (QED) is 0.804. The smallest absolute Gasteiger partial charge is 0.142 e. The summed E-state index contributed by atoms with van der Waals surface area (Å²) in [5.41, 5.74) is 0.892. The van der Waals surface area contributed by atoms with E-state index in [1.807, 2.05) is 20.2 Å². The van der Waals surface area contributed by atoms with Crippen molar-refractivity contribution in [3.63, 3.8) is 0 Å². The molecule has 14 heavy (non-hydrogen) atoms. The SMILES string of the molecule is CNCC(NC)c1ccc(Cl)c(F)c1. The maximum atomic E-state index is 13.1. The lowest BCUT2D eigenvalue weighted by atomic mass is 10.1. The number of hydrogen-bond donors (Lipinski definition) is 2. The number of benzene rings is 1. The van der Waals surface area contributed by atoms with Gasteiger partial charge in [-0.1, -0.05) is 17.7 Å². The van der Waals surface area contributed by atoms with Crippen LogP contribution in [0.25, 0.3) is 0 Å². The summed E-state index contributed by atoms with van der Waals surface area (Å²) in [5.74, 6) is -0.375. The van der Waals surface area contributed by atoms with Gasteiger partial charge in [0.15, 0.2) is 0 Å². The lowest BCUT2D eigenvalue weighted by Gasteiger charge is -2.16. The van der Waals surface area contributed by atoms with Crippen molar-refractivity contribution in [3.8, 4) is 0 Å². The molecule has 78 valence electrons. The van der Waals surface area contributed by atoms with Gasteiger partial charge in [0.25, 0.3) is 0 Å². The fraction of sp³-hybridized carbons (Fsp3) is 0.400. The van der Waals surface area contributed by atoms with E-state index in [0.717, 1.165) is 12.1 Å². The van der Waals surface area contributed by atoms with E-state index in [1.165, 1.54) is 6.07 Å². The van der Waals surface area contributed by atoms with Gasteiger partial charge in [-0.15, -0.1) is 0 Å². The molecule has 2 nitrogen and oxygen atoms in total. The van der Waals surface area contributed by atoms with E-state index >= 15 is 0 Å². The highest BCUT2D eigenvalue weighted by atomic mass is 35.5. The standard InChI is InChI=1S/C10H14ClFN2/c1-13-6-10(14-2)7-3-4-8(11)9(12)5-7/h3-5,10,13-14H,6H2,1-2H3. The highest BCUT2D eigenvalue weighted by Gasteiger charge is 2.09. The van der Waals surface area contributed by atoms with Gasteiger partial charge < -0.3 is 10.6 Å². The number of hydrogen-bond acceptors (Lipinski definition) is 2. The van der Waals surface area contributed by atoms with E-state index in [-0.39, 0.29) is 16.9 Å². The van der Waals surface area contributed by atoms with Crippen LogP contribution in [0, 0.1) is 5.82 Å². The second-order valence-electron chi connectivity index (χ2n) is 3.07. The zero-order chi connectivity index (χ0) is 10.6. The minimum Gasteiger partial charge on any atom is -0.318 e. The largest absolute Gasteiger partial charge is 0.318 e. The van der Waals surface area contributed by atoms with Crippen LogP contribution in [0.1, 0.15) is 11.6 Å². The first-order valence-corrected chi connectivity index (χ1v) is 4.83. The molecule has 0 saturated heterocycles. The molecule has 2 N–H and O–H groups in total. The molecule has 0 fully saturated rings. The van der Waals surface area contributed by atoms with Crippen LogP contribution in [0.2, 0.25) is 5.02 Å². The molecular formula is C10H14ClFN2. The first-order chi connectivity index (χ1) is 6.69. The lowest BCUT2D eigenvalue weighted by molar-refractivity contribution is 0.551.